The molecule has 2 aromatic rings. The molecule has 1 aromatic carbocycles. The molecular formula is C19H20N2O4S. The first-order chi connectivity index (χ1) is 12.5. The van der Waals surface area contributed by atoms with Gasteiger partial charge in [0.05, 0.1) is 12.8 Å². The molecule has 7 heteroatoms. The molecule has 0 aliphatic carbocycles. The predicted molar refractivity (Wildman–Crippen MR) is 104 cm³/mol. The van der Waals surface area contributed by atoms with Gasteiger partial charge in [-0.25, -0.2) is 0 Å². The number of benzene rings is 1. The maximum atomic E-state index is 12.7. The first-order valence-electron chi connectivity index (χ1n) is 8.11. The smallest absolute Gasteiger partial charge is 0.270 e. The number of ether oxygens (including phenoxy) is 1. The minimum Gasteiger partial charge on any atom is -0.497 e. The number of aryl methyl sites for hydroxylation is 1. The molecule has 1 aliphatic heterocycles. The van der Waals surface area contributed by atoms with Crippen molar-refractivity contribution in [3.05, 3.63) is 53.5 Å². The van der Waals surface area contributed by atoms with Gasteiger partial charge in [-0.15, -0.1) is 0 Å². The SMILES string of the molecule is CC.COc1ccc(N2C(=O)/C(=C/c3ccc(C)o3)C(=O)NC2=S)cc1. The number of furan rings is 1. The van der Waals surface area contributed by atoms with Crippen LogP contribution in [0, 0.1) is 6.92 Å². The van der Waals surface area contributed by atoms with Crippen LogP contribution in [0.15, 0.2) is 46.4 Å². The van der Waals surface area contributed by atoms with Gasteiger partial charge in [-0.2, -0.15) is 0 Å². The van der Waals surface area contributed by atoms with Gasteiger partial charge in [0.15, 0.2) is 5.11 Å². The van der Waals surface area contributed by atoms with E-state index in [1.807, 2.05) is 13.8 Å². The van der Waals surface area contributed by atoms with Crippen LogP contribution >= 0.6 is 12.2 Å². The second-order valence-corrected chi connectivity index (χ2v) is 5.49. The predicted octanol–water partition coefficient (Wildman–Crippen LogP) is 3.45. The Labute approximate surface area is 157 Å². The summed E-state index contributed by atoms with van der Waals surface area (Å²) in [6.07, 6.45) is 1.41. The highest BCUT2D eigenvalue weighted by molar-refractivity contribution is 7.80. The molecule has 2 amide bonds. The van der Waals surface area contributed by atoms with E-state index in [0.29, 0.717) is 23.0 Å². The van der Waals surface area contributed by atoms with Crippen molar-refractivity contribution in [3.8, 4) is 5.75 Å². The van der Waals surface area contributed by atoms with E-state index in [1.165, 1.54) is 11.0 Å². The van der Waals surface area contributed by atoms with Crippen LogP contribution in [0.4, 0.5) is 5.69 Å². The molecule has 6 nitrogen and oxygen atoms in total. The Morgan fingerprint density at radius 2 is 1.77 bits per heavy atom. The van der Waals surface area contributed by atoms with Crippen molar-refractivity contribution in [2.75, 3.05) is 12.0 Å². The Hall–Kier alpha value is -2.93. The lowest BCUT2D eigenvalue weighted by molar-refractivity contribution is -0.122. The lowest BCUT2D eigenvalue weighted by atomic mass is 10.1. The zero-order valence-electron chi connectivity index (χ0n) is 15.0. The Balaban J connectivity index is 0.00000117. The average Bonchev–Trinajstić information content (AvgIpc) is 3.06. The maximum absolute atomic E-state index is 12.7. The number of carbonyl (C=O) groups is 2. The summed E-state index contributed by atoms with van der Waals surface area (Å²) in [5.74, 6) is 0.702. The van der Waals surface area contributed by atoms with Crippen LogP contribution in [-0.4, -0.2) is 24.0 Å². The molecule has 0 atom stereocenters. The van der Waals surface area contributed by atoms with E-state index in [1.54, 1.807) is 50.4 Å². The topological polar surface area (TPSA) is 71.8 Å². The highest BCUT2D eigenvalue weighted by Crippen LogP contribution is 2.24. The molecule has 26 heavy (non-hydrogen) atoms. The van der Waals surface area contributed by atoms with Crippen molar-refractivity contribution >= 4 is 40.9 Å². The van der Waals surface area contributed by atoms with E-state index in [4.69, 9.17) is 21.4 Å². The van der Waals surface area contributed by atoms with Crippen LogP contribution in [0.3, 0.4) is 0 Å². The molecular weight excluding hydrogens is 352 g/mol. The van der Waals surface area contributed by atoms with E-state index in [9.17, 15) is 9.59 Å². The highest BCUT2D eigenvalue weighted by Gasteiger charge is 2.34. The summed E-state index contributed by atoms with van der Waals surface area (Å²) < 4.78 is 10.5. The molecule has 1 aromatic heterocycles. The number of anilines is 1. The Morgan fingerprint density at radius 3 is 2.31 bits per heavy atom. The number of nitrogens with one attached hydrogen (secondary N) is 1. The molecule has 1 N–H and O–H groups in total. The molecule has 0 saturated carbocycles. The molecule has 1 aliphatic rings. The van der Waals surface area contributed by atoms with Crippen LogP contribution < -0.4 is 15.0 Å². The minimum atomic E-state index is -0.552. The largest absolute Gasteiger partial charge is 0.497 e. The summed E-state index contributed by atoms with van der Waals surface area (Å²) in [4.78, 5) is 26.1. The van der Waals surface area contributed by atoms with Crippen molar-refractivity contribution in [1.82, 2.24) is 5.32 Å². The zero-order valence-corrected chi connectivity index (χ0v) is 15.8. The second kappa shape index (κ2) is 8.44. The number of rotatable bonds is 3. The second-order valence-electron chi connectivity index (χ2n) is 5.10. The maximum Gasteiger partial charge on any atom is 0.270 e. The first-order valence-corrected chi connectivity index (χ1v) is 8.52. The normalized spacial score (nSPS) is 15.5. The van der Waals surface area contributed by atoms with Crippen molar-refractivity contribution in [2.24, 2.45) is 0 Å². The molecule has 1 fully saturated rings. The number of hydrogen-bond donors (Lipinski definition) is 1. The van der Waals surface area contributed by atoms with E-state index >= 15 is 0 Å². The Morgan fingerprint density at radius 1 is 1.12 bits per heavy atom. The fourth-order valence-corrected chi connectivity index (χ4v) is 2.58. The molecule has 0 spiro atoms. The quantitative estimate of drug-likeness (QED) is 0.508. The third kappa shape index (κ3) is 4.00. The van der Waals surface area contributed by atoms with Gasteiger partial charge in [0.25, 0.3) is 11.8 Å². The van der Waals surface area contributed by atoms with Gasteiger partial charge in [-0.3, -0.25) is 19.8 Å². The zero-order chi connectivity index (χ0) is 19.3. The number of amides is 2. The monoisotopic (exact) mass is 372 g/mol. The third-order valence-corrected chi connectivity index (χ3v) is 3.76. The number of nitrogens with zero attached hydrogens (tertiary/aromatic N) is 1. The number of carbonyl (C=O) groups excluding carboxylic acids is 2. The molecule has 3 rings (SSSR count). The summed E-state index contributed by atoms with van der Waals surface area (Å²) >= 11 is 5.14. The van der Waals surface area contributed by atoms with Gasteiger partial charge in [-0.1, -0.05) is 13.8 Å². The van der Waals surface area contributed by atoms with E-state index in [-0.39, 0.29) is 10.7 Å². The molecule has 0 radical (unpaired) electrons. The van der Waals surface area contributed by atoms with Crippen LogP contribution in [-0.2, 0) is 9.59 Å². The van der Waals surface area contributed by atoms with Crippen molar-refractivity contribution in [2.45, 2.75) is 20.8 Å². The molecule has 0 unspecified atom stereocenters. The van der Waals surface area contributed by atoms with Crippen molar-refractivity contribution < 1.29 is 18.7 Å². The van der Waals surface area contributed by atoms with Gasteiger partial charge in [0, 0.05) is 0 Å². The summed E-state index contributed by atoms with van der Waals surface area (Å²) in [5.41, 5.74) is 0.487. The number of thiocarbonyl (C=S) groups is 1. The van der Waals surface area contributed by atoms with E-state index < -0.39 is 11.8 Å². The number of hydrogen-bond acceptors (Lipinski definition) is 5. The van der Waals surface area contributed by atoms with Gasteiger partial charge < -0.3 is 9.15 Å². The first kappa shape index (κ1) is 19.4. The minimum absolute atomic E-state index is 0.0305. The van der Waals surface area contributed by atoms with Crippen LogP contribution in [0.1, 0.15) is 25.4 Å². The van der Waals surface area contributed by atoms with Crippen LogP contribution in [0.5, 0.6) is 5.75 Å². The fourth-order valence-electron chi connectivity index (χ4n) is 2.30. The van der Waals surface area contributed by atoms with Gasteiger partial charge in [0.2, 0.25) is 0 Å². The molecule has 0 bridgehead atoms. The van der Waals surface area contributed by atoms with E-state index in [2.05, 4.69) is 5.32 Å². The van der Waals surface area contributed by atoms with Crippen LogP contribution in [0.2, 0.25) is 0 Å². The Kier molecular flexibility index (Phi) is 6.30. The third-order valence-electron chi connectivity index (χ3n) is 3.48. The van der Waals surface area contributed by atoms with Crippen molar-refractivity contribution in [3.63, 3.8) is 0 Å². The molecule has 136 valence electrons. The van der Waals surface area contributed by atoms with Gasteiger partial charge in [-0.05, 0) is 61.6 Å². The summed E-state index contributed by atoms with van der Waals surface area (Å²) in [6, 6.07) is 10.2. The number of methoxy groups -OCH3 is 1. The summed E-state index contributed by atoms with van der Waals surface area (Å²) in [5, 5.41) is 2.55. The highest BCUT2D eigenvalue weighted by atomic mass is 32.1. The average molecular weight is 372 g/mol. The van der Waals surface area contributed by atoms with Crippen LogP contribution in [0.25, 0.3) is 6.08 Å². The summed E-state index contributed by atoms with van der Waals surface area (Å²) in [7, 11) is 1.55. The van der Waals surface area contributed by atoms with Gasteiger partial charge >= 0.3 is 0 Å². The molecule has 2 heterocycles. The lowest BCUT2D eigenvalue weighted by Crippen LogP contribution is -2.54. The fraction of sp³-hybridized carbons (Fsp3) is 0.211. The molecule has 1 saturated heterocycles. The Bertz CT molecular complexity index is 853. The van der Waals surface area contributed by atoms with E-state index in [0.717, 1.165) is 0 Å². The van der Waals surface area contributed by atoms with Crippen molar-refractivity contribution in [1.29, 1.82) is 0 Å². The van der Waals surface area contributed by atoms with Gasteiger partial charge in [0.1, 0.15) is 22.8 Å². The lowest BCUT2D eigenvalue weighted by Gasteiger charge is -2.28. The standard InChI is InChI=1S/C17H14N2O4S.C2H6/c1-10-3-6-13(23-10)9-14-15(20)18-17(24)19(16(14)21)11-4-7-12(22-2)8-5-11;1-2/h3-9H,1-2H3,(H,18,20,24);1-2H3/b14-9+;. The summed E-state index contributed by atoms with van der Waals surface area (Å²) in [6.45, 7) is 5.78.